The Bertz CT molecular complexity index is 1300. The van der Waals surface area contributed by atoms with Gasteiger partial charge in [0.1, 0.15) is 23.5 Å². The third-order valence-electron chi connectivity index (χ3n) is 4.75. The molecule has 13 heteroatoms. The fraction of sp³-hybridized carbons (Fsp3) is 0.211. The molecular formula is C19H17F3N8O2. The lowest BCUT2D eigenvalue weighted by molar-refractivity contribution is -0.137. The number of benzene rings is 1. The first-order valence-electron chi connectivity index (χ1n) is 9.31. The van der Waals surface area contributed by atoms with E-state index in [1.165, 1.54) is 12.1 Å². The molecule has 4 aromatic rings. The Balaban J connectivity index is 1.55. The summed E-state index contributed by atoms with van der Waals surface area (Å²) in [7, 11) is 0. The largest absolute Gasteiger partial charge is 0.416 e. The zero-order valence-corrected chi connectivity index (χ0v) is 16.6. The van der Waals surface area contributed by atoms with Crippen molar-refractivity contribution in [3.63, 3.8) is 0 Å². The summed E-state index contributed by atoms with van der Waals surface area (Å²) >= 11 is 0. The van der Waals surface area contributed by atoms with Crippen molar-refractivity contribution in [3.8, 4) is 11.5 Å². The van der Waals surface area contributed by atoms with Gasteiger partial charge < -0.3 is 26.3 Å². The number of carbonyl (C=O) groups is 1. The van der Waals surface area contributed by atoms with E-state index >= 15 is 0 Å². The molecule has 3 heterocycles. The molecule has 0 unspecified atom stereocenters. The van der Waals surface area contributed by atoms with E-state index < -0.39 is 23.7 Å². The van der Waals surface area contributed by atoms with Gasteiger partial charge in [-0.2, -0.15) is 13.2 Å². The second kappa shape index (κ2) is 7.92. The summed E-state index contributed by atoms with van der Waals surface area (Å²) in [6.45, 7) is 1.64. The van der Waals surface area contributed by atoms with Crippen LogP contribution in [0.2, 0.25) is 0 Å². The number of aromatic nitrogens is 5. The highest BCUT2D eigenvalue weighted by molar-refractivity contribution is 5.94. The minimum atomic E-state index is -4.47. The Morgan fingerprint density at radius 1 is 1.28 bits per heavy atom. The highest BCUT2D eigenvalue weighted by Crippen LogP contribution is 2.32. The maximum Gasteiger partial charge on any atom is 0.416 e. The summed E-state index contributed by atoms with van der Waals surface area (Å²) in [5, 5.41) is 6.59. The second-order valence-electron chi connectivity index (χ2n) is 6.91. The summed E-state index contributed by atoms with van der Waals surface area (Å²) in [5.74, 6) is 0.0946. The van der Waals surface area contributed by atoms with Crippen molar-refractivity contribution >= 4 is 22.8 Å². The molecule has 0 bridgehead atoms. The lowest BCUT2D eigenvalue weighted by Crippen LogP contribution is -2.29. The van der Waals surface area contributed by atoms with Gasteiger partial charge in [-0.3, -0.25) is 4.79 Å². The fourth-order valence-corrected chi connectivity index (χ4v) is 3.07. The molecule has 32 heavy (non-hydrogen) atoms. The number of fused-ring (bicyclic) bond motifs is 1. The molecule has 3 aromatic heterocycles. The zero-order valence-electron chi connectivity index (χ0n) is 16.6. The first-order chi connectivity index (χ1) is 15.2. The molecule has 6 N–H and O–H groups in total. The molecule has 0 fully saturated rings. The number of nitrogen functional groups attached to an aromatic ring is 1. The van der Waals surface area contributed by atoms with Crippen molar-refractivity contribution in [1.29, 1.82) is 0 Å². The number of nitrogens with one attached hydrogen (secondary N) is 2. The Kier molecular flexibility index (Phi) is 5.26. The van der Waals surface area contributed by atoms with Crippen LogP contribution in [0.15, 0.2) is 35.1 Å². The van der Waals surface area contributed by atoms with E-state index in [9.17, 15) is 18.0 Å². The molecular weight excluding hydrogens is 429 g/mol. The lowest BCUT2D eigenvalue weighted by atomic mass is 10.1. The van der Waals surface area contributed by atoms with E-state index in [-0.39, 0.29) is 35.1 Å². The van der Waals surface area contributed by atoms with Crippen molar-refractivity contribution in [2.45, 2.75) is 25.7 Å². The Hall–Kier alpha value is -4.00. The number of rotatable bonds is 5. The van der Waals surface area contributed by atoms with E-state index in [4.69, 9.17) is 16.0 Å². The van der Waals surface area contributed by atoms with Gasteiger partial charge >= 0.3 is 6.18 Å². The number of amides is 1. The van der Waals surface area contributed by atoms with Crippen LogP contribution >= 0.6 is 0 Å². The van der Waals surface area contributed by atoms with E-state index in [1.807, 2.05) is 0 Å². The maximum atomic E-state index is 12.9. The molecule has 10 nitrogen and oxygen atoms in total. The quantitative estimate of drug-likeness (QED) is 0.364. The van der Waals surface area contributed by atoms with Crippen LogP contribution in [0.1, 0.15) is 40.3 Å². The number of H-pyrrole nitrogens is 1. The highest BCUT2D eigenvalue weighted by Gasteiger charge is 2.31. The molecule has 1 amide bonds. The number of anilines is 1. The molecule has 166 valence electrons. The normalized spacial score (nSPS) is 12.8. The smallest absolute Gasteiger partial charge is 0.383 e. The molecule has 0 aliphatic rings. The highest BCUT2D eigenvalue weighted by atomic mass is 19.4. The van der Waals surface area contributed by atoms with Crippen molar-refractivity contribution in [3.05, 3.63) is 53.2 Å². The number of aromatic amines is 1. The van der Waals surface area contributed by atoms with Gasteiger partial charge in [-0.25, -0.2) is 15.0 Å². The van der Waals surface area contributed by atoms with Gasteiger partial charge in [0, 0.05) is 18.2 Å². The Morgan fingerprint density at radius 2 is 2.06 bits per heavy atom. The molecule has 1 aromatic carbocycles. The van der Waals surface area contributed by atoms with Gasteiger partial charge in [-0.15, -0.1) is 0 Å². The average molecular weight is 446 g/mol. The minimum Gasteiger partial charge on any atom is -0.383 e. The predicted octanol–water partition coefficient (Wildman–Crippen LogP) is 2.56. The number of halogens is 3. The second-order valence-corrected chi connectivity index (χ2v) is 6.91. The fourth-order valence-electron chi connectivity index (χ4n) is 3.07. The molecule has 0 radical (unpaired) electrons. The molecule has 0 aliphatic carbocycles. The van der Waals surface area contributed by atoms with E-state index in [0.717, 1.165) is 18.5 Å². The first-order valence-corrected chi connectivity index (χ1v) is 9.31. The van der Waals surface area contributed by atoms with Gasteiger partial charge in [0.05, 0.1) is 22.6 Å². The maximum absolute atomic E-state index is 12.9. The third-order valence-corrected chi connectivity index (χ3v) is 4.75. The van der Waals surface area contributed by atoms with E-state index in [1.54, 1.807) is 6.92 Å². The SMILES string of the molecule is C[C@@H](NC(=O)c1ncnc(N)c1CN)c1cc(-c2nc3ccc(C(F)(F)F)cc3[nH]2)no1. The predicted molar refractivity (Wildman–Crippen MR) is 107 cm³/mol. The zero-order chi connectivity index (χ0) is 23.0. The van der Waals surface area contributed by atoms with Gasteiger partial charge in [0.15, 0.2) is 11.6 Å². The van der Waals surface area contributed by atoms with Crippen LogP contribution in [-0.2, 0) is 12.7 Å². The molecule has 4 rings (SSSR count). The lowest BCUT2D eigenvalue weighted by Gasteiger charge is -2.12. The number of imidazole rings is 1. The number of nitrogens with zero attached hydrogens (tertiary/aromatic N) is 4. The van der Waals surface area contributed by atoms with E-state index in [0.29, 0.717) is 16.8 Å². The van der Waals surface area contributed by atoms with Crippen LogP contribution in [0.25, 0.3) is 22.6 Å². The topological polar surface area (TPSA) is 162 Å². The number of nitrogens with two attached hydrogens (primary N) is 2. The molecule has 0 spiro atoms. The van der Waals surface area contributed by atoms with Crippen LogP contribution in [0.3, 0.4) is 0 Å². The first kappa shape index (κ1) is 21.2. The summed E-state index contributed by atoms with van der Waals surface area (Å²) in [4.78, 5) is 27.4. The van der Waals surface area contributed by atoms with Crippen LogP contribution < -0.4 is 16.8 Å². The Morgan fingerprint density at radius 3 is 2.78 bits per heavy atom. The monoisotopic (exact) mass is 446 g/mol. The van der Waals surface area contributed by atoms with Crippen LogP contribution in [-0.4, -0.2) is 31.0 Å². The van der Waals surface area contributed by atoms with E-state index in [2.05, 4.69) is 30.4 Å². The number of hydrogen-bond acceptors (Lipinski definition) is 8. The number of carbonyl (C=O) groups excluding carboxylic acids is 1. The van der Waals surface area contributed by atoms with Crippen LogP contribution in [0.4, 0.5) is 19.0 Å². The molecule has 1 atom stereocenters. The van der Waals surface area contributed by atoms with Gasteiger partial charge in [0.25, 0.3) is 5.91 Å². The summed E-state index contributed by atoms with van der Waals surface area (Å²) < 4.78 is 44.0. The Labute approximate surface area is 178 Å². The minimum absolute atomic E-state index is 0.0155. The van der Waals surface area contributed by atoms with Crippen molar-refractivity contribution in [2.75, 3.05) is 5.73 Å². The summed E-state index contributed by atoms with van der Waals surface area (Å²) in [6, 6.07) is 4.09. The van der Waals surface area contributed by atoms with Crippen molar-refractivity contribution < 1.29 is 22.5 Å². The molecule has 0 saturated carbocycles. The average Bonchev–Trinajstić information content (AvgIpc) is 3.39. The summed E-state index contributed by atoms with van der Waals surface area (Å²) in [6.07, 6.45) is -3.31. The van der Waals surface area contributed by atoms with Gasteiger partial charge in [-0.05, 0) is 25.1 Å². The molecule has 0 saturated heterocycles. The van der Waals surface area contributed by atoms with Crippen LogP contribution in [0.5, 0.6) is 0 Å². The van der Waals surface area contributed by atoms with Crippen molar-refractivity contribution in [2.24, 2.45) is 5.73 Å². The van der Waals surface area contributed by atoms with Crippen molar-refractivity contribution in [1.82, 2.24) is 30.4 Å². The third kappa shape index (κ3) is 3.97. The summed E-state index contributed by atoms with van der Waals surface area (Å²) in [5.41, 5.74) is 11.7. The number of alkyl halides is 3. The number of hydrogen-bond donors (Lipinski definition) is 4. The standard InChI is InChI=1S/C19H17F3N8O2/c1-8(27-18(31)15-10(6-23)16(24)26-7-25-15)14-5-13(30-32-14)17-28-11-3-2-9(19(20,21)22)4-12(11)29-17/h2-5,7-8H,6,23H2,1H3,(H,27,31)(H,28,29)(H2,24,25,26)/t8-/m1/s1. The van der Waals surface area contributed by atoms with Gasteiger partial charge in [0.2, 0.25) is 0 Å². The molecule has 0 aliphatic heterocycles. The van der Waals surface area contributed by atoms with Crippen LogP contribution in [0, 0.1) is 0 Å². The van der Waals surface area contributed by atoms with Gasteiger partial charge in [-0.1, -0.05) is 5.16 Å².